The summed E-state index contributed by atoms with van der Waals surface area (Å²) >= 11 is 3.29. The van der Waals surface area contributed by atoms with Crippen molar-refractivity contribution in [3.8, 4) is 23.0 Å². The Kier molecular flexibility index (Phi) is 5.86. The van der Waals surface area contributed by atoms with Crippen molar-refractivity contribution in [2.24, 2.45) is 0 Å². The Balaban J connectivity index is 1.92. The van der Waals surface area contributed by atoms with Gasteiger partial charge < -0.3 is 14.2 Å². The highest BCUT2D eigenvalue weighted by Gasteiger charge is 2.15. The molecule has 2 aromatic carbocycles. The SMILES string of the molecule is COc1cc(OCc2ccccc2)c(C=O)c(Oc2ccnc(Br)c2)c1. The van der Waals surface area contributed by atoms with E-state index >= 15 is 0 Å². The fourth-order valence-electron chi connectivity index (χ4n) is 2.33. The van der Waals surface area contributed by atoms with E-state index in [-0.39, 0.29) is 0 Å². The molecule has 0 amide bonds. The molecule has 0 aliphatic rings. The lowest BCUT2D eigenvalue weighted by Crippen LogP contribution is -2.01. The van der Waals surface area contributed by atoms with Crippen LogP contribution in [0.25, 0.3) is 0 Å². The Morgan fingerprint density at radius 2 is 1.81 bits per heavy atom. The second-order valence-corrected chi connectivity index (χ2v) is 6.16. The lowest BCUT2D eigenvalue weighted by atomic mass is 10.1. The molecule has 1 heterocycles. The lowest BCUT2D eigenvalue weighted by Gasteiger charge is -2.15. The summed E-state index contributed by atoms with van der Waals surface area (Å²) in [7, 11) is 1.55. The molecule has 0 N–H and O–H groups in total. The first-order valence-corrected chi connectivity index (χ1v) is 8.62. The number of aromatic nitrogens is 1. The maximum atomic E-state index is 11.7. The highest BCUT2D eigenvalue weighted by atomic mass is 79.9. The summed E-state index contributed by atoms with van der Waals surface area (Å²) in [4.78, 5) is 15.7. The minimum atomic E-state index is 0.315. The van der Waals surface area contributed by atoms with E-state index in [9.17, 15) is 4.79 Å². The van der Waals surface area contributed by atoms with Gasteiger partial charge in [0.05, 0.1) is 12.7 Å². The Bertz CT molecular complexity index is 900. The summed E-state index contributed by atoms with van der Waals surface area (Å²) < 4.78 is 17.6. The Morgan fingerprint density at radius 1 is 1.04 bits per heavy atom. The number of pyridine rings is 1. The predicted molar refractivity (Wildman–Crippen MR) is 101 cm³/mol. The fraction of sp³-hybridized carbons (Fsp3) is 0.100. The van der Waals surface area contributed by atoms with E-state index < -0.39 is 0 Å². The Hall–Kier alpha value is -2.86. The third kappa shape index (κ3) is 4.40. The van der Waals surface area contributed by atoms with E-state index in [1.54, 1.807) is 37.6 Å². The van der Waals surface area contributed by atoms with Crippen molar-refractivity contribution in [1.29, 1.82) is 0 Å². The summed E-state index contributed by atoms with van der Waals surface area (Å²) in [5, 5.41) is 0. The normalized spacial score (nSPS) is 10.2. The minimum absolute atomic E-state index is 0.315. The van der Waals surface area contributed by atoms with Gasteiger partial charge in [0, 0.05) is 24.4 Å². The molecule has 0 saturated heterocycles. The molecule has 0 radical (unpaired) electrons. The number of methoxy groups -OCH3 is 1. The number of nitrogens with zero attached hydrogens (tertiary/aromatic N) is 1. The highest BCUT2D eigenvalue weighted by Crippen LogP contribution is 2.36. The Morgan fingerprint density at radius 3 is 2.50 bits per heavy atom. The van der Waals surface area contributed by atoms with Crippen molar-refractivity contribution in [3.63, 3.8) is 0 Å². The van der Waals surface area contributed by atoms with Crippen molar-refractivity contribution in [2.45, 2.75) is 6.61 Å². The van der Waals surface area contributed by atoms with Gasteiger partial charge in [-0.2, -0.15) is 0 Å². The number of ether oxygens (including phenoxy) is 3. The van der Waals surface area contributed by atoms with Gasteiger partial charge in [-0.1, -0.05) is 30.3 Å². The number of halogens is 1. The lowest BCUT2D eigenvalue weighted by molar-refractivity contribution is 0.111. The molecule has 0 fully saturated rings. The maximum absolute atomic E-state index is 11.7. The molecule has 1 aromatic heterocycles. The molecule has 0 atom stereocenters. The number of aldehydes is 1. The predicted octanol–water partition coefficient (Wildman–Crippen LogP) is 5.04. The van der Waals surface area contributed by atoms with Gasteiger partial charge in [-0.3, -0.25) is 4.79 Å². The Labute approximate surface area is 159 Å². The number of hydrogen-bond acceptors (Lipinski definition) is 5. The maximum Gasteiger partial charge on any atom is 0.157 e. The van der Waals surface area contributed by atoms with Crippen LogP contribution in [0.4, 0.5) is 0 Å². The summed E-state index contributed by atoms with van der Waals surface area (Å²) in [6, 6.07) is 16.4. The zero-order valence-corrected chi connectivity index (χ0v) is 15.6. The third-order valence-corrected chi connectivity index (χ3v) is 4.03. The van der Waals surface area contributed by atoms with E-state index in [0.29, 0.717) is 46.1 Å². The van der Waals surface area contributed by atoms with Gasteiger partial charge in [0.15, 0.2) is 6.29 Å². The average molecular weight is 414 g/mol. The molecule has 5 nitrogen and oxygen atoms in total. The number of rotatable bonds is 7. The number of benzene rings is 2. The van der Waals surface area contributed by atoms with Crippen molar-refractivity contribution < 1.29 is 19.0 Å². The zero-order valence-electron chi connectivity index (χ0n) is 14.0. The molecule has 132 valence electrons. The molecule has 0 saturated carbocycles. The first-order chi connectivity index (χ1) is 12.7. The van der Waals surface area contributed by atoms with Crippen molar-refractivity contribution in [2.75, 3.05) is 7.11 Å². The van der Waals surface area contributed by atoms with Crippen LogP contribution in [0.3, 0.4) is 0 Å². The summed E-state index contributed by atoms with van der Waals surface area (Å²) in [6.07, 6.45) is 2.32. The quantitative estimate of drug-likeness (QED) is 0.401. The van der Waals surface area contributed by atoms with Gasteiger partial charge in [0.2, 0.25) is 0 Å². The van der Waals surface area contributed by atoms with Gasteiger partial charge in [0.25, 0.3) is 0 Å². The van der Waals surface area contributed by atoms with Crippen LogP contribution in [0.1, 0.15) is 15.9 Å². The van der Waals surface area contributed by atoms with Gasteiger partial charge in [-0.05, 0) is 27.6 Å². The first-order valence-electron chi connectivity index (χ1n) is 7.83. The standard InChI is InChI=1S/C20H16BrNO4/c1-24-16-9-18(25-13-14-5-3-2-4-6-14)17(12-23)19(10-16)26-15-7-8-22-20(21)11-15/h2-12H,13H2,1H3. The number of carbonyl (C=O) groups excluding carboxylic acids is 1. The molecule has 6 heteroatoms. The molecule has 3 aromatic rings. The summed E-state index contributed by atoms with van der Waals surface area (Å²) in [6.45, 7) is 0.328. The van der Waals surface area contributed by atoms with Crippen LogP contribution in [0.2, 0.25) is 0 Å². The largest absolute Gasteiger partial charge is 0.496 e. The van der Waals surface area contributed by atoms with Crippen LogP contribution >= 0.6 is 15.9 Å². The molecular formula is C20H16BrNO4. The molecule has 0 unspecified atom stereocenters. The summed E-state index contributed by atoms with van der Waals surface area (Å²) in [5.74, 6) is 1.81. The summed E-state index contributed by atoms with van der Waals surface area (Å²) in [5.41, 5.74) is 1.31. The monoisotopic (exact) mass is 413 g/mol. The highest BCUT2D eigenvalue weighted by molar-refractivity contribution is 9.10. The van der Waals surface area contributed by atoms with Gasteiger partial charge in [0.1, 0.15) is 34.2 Å². The molecule has 0 aliphatic carbocycles. The van der Waals surface area contributed by atoms with E-state index in [0.717, 1.165) is 5.56 Å². The minimum Gasteiger partial charge on any atom is -0.496 e. The van der Waals surface area contributed by atoms with Gasteiger partial charge >= 0.3 is 0 Å². The molecule has 0 aliphatic heterocycles. The second-order valence-electron chi connectivity index (χ2n) is 5.35. The average Bonchev–Trinajstić information content (AvgIpc) is 2.67. The zero-order chi connectivity index (χ0) is 18.4. The van der Waals surface area contributed by atoms with Crippen LogP contribution in [-0.4, -0.2) is 18.4 Å². The first kappa shape index (κ1) is 17.9. The van der Waals surface area contributed by atoms with Gasteiger partial charge in [-0.15, -0.1) is 0 Å². The van der Waals surface area contributed by atoms with Crippen LogP contribution in [-0.2, 0) is 6.61 Å². The van der Waals surface area contributed by atoms with Crippen LogP contribution in [0.5, 0.6) is 23.0 Å². The fourth-order valence-corrected chi connectivity index (χ4v) is 2.67. The topological polar surface area (TPSA) is 57.7 Å². The second kappa shape index (κ2) is 8.49. The number of hydrogen-bond donors (Lipinski definition) is 0. The molecule has 0 bridgehead atoms. The molecule has 26 heavy (non-hydrogen) atoms. The molecule has 0 spiro atoms. The van der Waals surface area contributed by atoms with E-state index in [1.807, 2.05) is 30.3 Å². The van der Waals surface area contributed by atoms with Crippen molar-refractivity contribution in [1.82, 2.24) is 4.98 Å². The van der Waals surface area contributed by atoms with E-state index in [1.165, 1.54) is 0 Å². The van der Waals surface area contributed by atoms with Crippen molar-refractivity contribution in [3.05, 3.63) is 76.5 Å². The molecule has 3 rings (SSSR count). The van der Waals surface area contributed by atoms with Crippen LogP contribution in [0.15, 0.2) is 65.4 Å². The van der Waals surface area contributed by atoms with Crippen LogP contribution < -0.4 is 14.2 Å². The number of carbonyl (C=O) groups is 1. The molecular weight excluding hydrogens is 398 g/mol. The van der Waals surface area contributed by atoms with E-state index in [2.05, 4.69) is 20.9 Å². The third-order valence-electron chi connectivity index (χ3n) is 3.59. The van der Waals surface area contributed by atoms with Crippen molar-refractivity contribution >= 4 is 22.2 Å². The van der Waals surface area contributed by atoms with E-state index in [4.69, 9.17) is 14.2 Å². The van der Waals surface area contributed by atoms with Gasteiger partial charge in [-0.25, -0.2) is 4.98 Å². The van der Waals surface area contributed by atoms with Crippen LogP contribution in [0, 0.1) is 0 Å². The smallest absolute Gasteiger partial charge is 0.157 e.